The van der Waals surface area contributed by atoms with Crippen LogP contribution in [0.1, 0.15) is 32.1 Å². The Bertz CT molecular complexity index is 764. The number of anilines is 1. The van der Waals surface area contributed by atoms with Gasteiger partial charge in [0.05, 0.1) is 9.72 Å². The van der Waals surface area contributed by atoms with Crippen LogP contribution in [-0.4, -0.2) is 36.4 Å². The van der Waals surface area contributed by atoms with Gasteiger partial charge in [-0.05, 0) is 58.0 Å². The van der Waals surface area contributed by atoms with Crippen LogP contribution in [0.3, 0.4) is 0 Å². The summed E-state index contributed by atoms with van der Waals surface area (Å²) in [6.45, 7) is 1.06. The van der Waals surface area contributed by atoms with E-state index >= 15 is 0 Å². The highest BCUT2D eigenvalue weighted by molar-refractivity contribution is 7.22. The van der Waals surface area contributed by atoms with Gasteiger partial charge in [0.1, 0.15) is 11.3 Å². The molecule has 2 aromatic rings. The lowest BCUT2D eigenvalue weighted by atomic mass is 9.79. The van der Waals surface area contributed by atoms with Crippen molar-refractivity contribution in [1.29, 1.82) is 0 Å². The van der Waals surface area contributed by atoms with Crippen molar-refractivity contribution in [2.24, 2.45) is 11.8 Å². The Morgan fingerprint density at radius 1 is 1.44 bits per heavy atom. The lowest BCUT2D eigenvalue weighted by molar-refractivity contribution is -0.121. The predicted octanol–water partition coefficient (Wildman–Crippen LogP) is 4.79. The number of benzene rings is 1. The van der Waals surface area contributed by atoms with Gasteiger partial charge in [-0.25, -0.2) is 9.37 Å². The van der Waals surface area contributed by atoms with E-state index in [2.05, 4.69) is 29.3 Å². The molecule has 3 rings (SSSR count). The smallest absolute Gasteiger partial charge is 0.229 e. The minimum absolute atomic E-state index is 0.0187. The summed E-state index contributed by atoms with van der Waals surface area (Å²) in [7, 11) is 4.15. The van der Waals surface area contributed by atoms with E-state index in [4.69, 9.17) is 11.6 Å². The average molecular weight is 384 g/mol. The van der Waals surface area contributed by atoms with Crippen LogP contribution in [0.2, 0.25) is 5.02 Å². The van der Waals surface area contributed by atoms with Crippen LogP contribution in [0.5, 0.6) is 0 Å². The number of hydrogen-bond donors (Lipinski definition) is 1. The third-order valence-corrected chi connectivity index (χ3v) is 5.99. The third kappa shape index (κ3) is 4.68. The number of thiazole rings is 1. The second-order valence-corrected chi connectivity index (χ2v) is 8.50. The fourth-order valence-electron chi connectivity index (χ4n) is 3.45. The molecule has 2 atom stereocenters. The van der Waals surface area contributed by atoms with Crippen molar-refractivity contribution in [2.45, 2.75) is 32.1 Å². The van der Waals surface area contributed by atoms with Crippen molar-refractivity contribution in [2.75, 3.05) is 26.0 Å². The van der Waals surface area contributed by atoms with E-state index in [-0.39, 0.29) is 16.8 Å². The van der Waals surface area contributed by atoms with Gasteiger partial charge in [-0.1, -0.05) is 35.8 Å². The molecule has 1 saturated carbocycles. The zero-order valence-electron chi connectivity index (χ0n) is 14.5. The van der Waals surface area contributed by atoms with Gasteiger partial charge in [0.25, 0.3) is 0 Å². The van der Waals surface area contributed by atoms with Gasteiger partial charge in [0.2, 0.25) is 5.91 Å². The maximum absolute atomic E-state index is 13.4. The van der Waals surface area contributed by atoms with Crippen LogP contribution in [0.15, 0.2) is 12.1 Å². The topological polar surface area (TPSA) is 45.2 Å². The maximum Gasteiger partial charge on any atom is 0.229 e. The zero-order chi connectivity index (χ0) is 18.0. The van der Waals surface area contributed by atoms with E-state index < -0.39 is 5.82 Å². The molecule has 0 saturated heterocycles. The number of halogens is 2. The number of amides is 1. The third-order valence-electron chi connectivity index (χ3n) is 4.78. The summed E-state index contributed by atoms with van der Waals surface area (Å²) in [6.07, 6.45) is 5.28. The molecule has 1 aliphatic carbocycles. The average Bonchev–Trinajstić information content (AvgIpc) is 2.96. The molecular formula is C18H23ClFN3OS. The largest absolute Gasteiger partial charge is 0.309 e. The Balaban J connectivity index is 1.64. The molecule has 1 aliphatic rings. The fourth-order valence-corrected chi connectivity index (χ4v) is 4.68. The summed E-state index contributed by atoms with van der Waals surface area (Å²) in [6, 6.07) is 2.64. The monoisotopic (exact) mass is 383 g/mol. The van der Waals surface area contributed by atoms with Crippen molar-refractivity contribution in [1.82, 2.24) is 9.88 Å². The van der Waals surface area contributed by atoms with E-state index in [0.717, 1.165) is 32.2 Å². The highest BCUT2D eigenvalue weighted by atomic mass is 35.5. The first-order chi connectivity index (χ1) is 11.9. The van der Waals surface area contributed by atoms with E-state index in [1.54, 1.807) is 0 Å². The lowest BCUT2D eigenvalue weighted by Gasteiger charge is -2.28. The molecular weight excluding hydrogens is 361 g/mol. The summed E-state index contributed by atoms with van der Waals surface area (Å²) in [5, 5.41) is 3.67. The predicted molar refractivity (Wildman–Crippen MR) is 102 cm³/mol. The minimum Gasteiger partial charge on any atom is -0.309 e. The number of fused-ring (bicyclic) bond motifs is 1. The second kappa shape index (κ2) is 7.98. The van der Waals surface area contributed by atoms with Crippen LogP contribution in [0, 0.1) is 17.7 Å². The van der Waals surface area contributed by atoms with Crippen molar-refractivity contribution in [3.8, 4) is 0 Å². The Morgan fingerprint density at radius 3 is 3.00 bits per heavy atom. The van der Waals surface area contributed by atoms with Gasteiger partial charge in [-0.2, -0.15) is 0 Å². The van der Waals surface area contributed by atoms with E-state index in [1.807, 2.05) is 0 Å². The standard InChI is InChI=1S/C18H23ClFN3OS/c1-23(2)7-6-11-4-3-5-12(8-11)17(24)22-18-21-16-14(19)9-13(20)10-15(16)25-18/h9-12H,3-8H2,1-2H3,(H,21,22,24). The molecule has 1 fully saturated rings. The maximum atomic E-state index is 13.4. The first-order valence-corrected chi connectivity index (χ1v) is 9.83. The van der Waals surface area contributed by atoms with E-state index in [9.17, 15) is 9.18 Å². The number of hydrogen-bond acceptors (Lipinski definition) is 4. The molecule has 1 aromatic heterocycles. The van der Waals surface area contributed by atoms with Gasteiger partial charge >= 0.3 is 0 Å². The first-order valence-electron chi connectivity index (χ1n) is 8.63. The Hall–Kier alpha value is -1.24. The van der Waals surface area contributed by atoms with Crippen LogP contribution >= 0.6 is 22.9 Å². The second-order valence-electron chi connectivity index (χ2n) is 7.06. The fraction of sp³-hybridized carbons (Fsp3) is 0.556. The van der Waals surface area contributed by atoms with Gasteiger partial charge < -0.3 is 10.2 Å². The number of nitrogens with zero attached hydrogens (tertiary/aromatic N) is 2. The lowest BCUT2D eigenvalue weighted by Crippen LogP contribution is -2.29. The first kappa shape index (κ1) is 18.5. The molecule has 1 heterocycles. The normalized spacial score (nSPS) is 21.0. The highest BCUT2D eigenvalue weighted by Gasteiger charge is 2.27. The Morgan fingerprint density at radius 2 is 2.24 bits per heavy atom. The minimum atomic E-state index is -0.393. The Labute approximate surface area is 156 Å². The van der Waals surface area contributed by atoms with Crippen molar-refractivity contribution >= 4 is 44.2 Å². The molecule has 2 unspecified atom stereocenters. The number of aromatic nitrogens is 1. The van der Waals surface area contributed by atoms with Crippen LogP contribution in [0.4, 0.5) is 9.52 Å². The van der Waals surface area contributed by atoms with Crippen molar-refractivity contribution < 1.29 is 9.18 Å². The summed E-state index contributed by atoms with van der Waals surface area (Å²) in [5.74, 6) is 0.256. The van der Waals surface area contributed by atoms with Gasteiger partial charge in [0, 0.05) is 5.92 Å². The molecule has 0 spiro atoms. The van der Waals surface area contributed by atoms with Gasteiger partial charge in [-0.15, -0.1) is 0 Å². The van der Waals surface area contributed by atoms with E-state index in [0.29, 0.717) is 21.3 Å². The van der Waals surface area contributed by atoms with Crippen LogP contribution in [-0.2, 0) is 4.79 Å². The number of rotatable bonds is 5. The molecule has 0 bridgehead atoms. The van der Waals surface area contributed by atoms with Gasteiger partial charge in [0.15, 0.2) is 5.13 Å². The number of carbonyl (C=O) groups is 1. The molecule has 25 heavy (non-hydrogen) atoms. The van der Waals surface area contributed by atoms with Crippen LogP contribution < -0.4 is 5.32 Å². The quantitative estimate of drug-likeness (QED) is 0.807. The van der Waals surface area contributed by atoms with Crippen molar-refractivity contribution in [3.05, 3.63) is 23.0 Å². The molecule has 0 aliphatic heterocycles. The molecule has 4 nitrogen and oxygen atoms in total. The summed E-state index contributed by atoms with van der Waals surface area (Å²) < 4.78 is 14.1. The van der Waals surface area contributed by atoms with Gasteiger partial charge in [-0.3, -0.25) is 4.79 Å². The van der Waals surface area contributed by atoms with Crippen molar-refractivity contribution in [3.63, 3.8) is 0 Å². The zero-order valence-corrected chi connectivity index (χ0v) is 16.1. The molecule has 1 amide bonds. The number of nitrogens with one attached hydrogen (secondary N) is 1. The number of carbonyl (C=O) groups excluding carboxylic acids is 1. The molecule has 1 aromatic carbocycles. The molecule has 7 heteroatoms. The van der Waals surface area contributed by atoms with E-state index in [1.165, 1.54) is 29.9 Å². The highest BCUT2D eigenvalue weighted by Crippen LogP contribution is 2.34. The molecule has 0 radical (unpaired) electrons. The summed E-state index contributed by atoms with van der Waals surface area (Å²) in [5.41, 5.74) is 0.538. The summed E-state index contributed by atoms with van der Waals surface area (Å²) in [4.78, 5) is 19.2. The molecule has 1 N–H and O–H groups in total. The molecule has 136 valence electrons. The SMILES string of the molecule is CN(C)CCC1CCCC(C(=O)Nc2nc3c(Cl)cc(F)cc3s2)C1. The van der Waals surface area contributed by atoms with Crippen LogP contribution in [0.25, 0.3) is 10.2 Å². The summed E-state index contributed by atoms with van der Waals surface area (Å²) >= 11 is 7.29. The Kier molecular flexibility index (Phi) is 5.92.